The minimum atomic E-state index is 0.588. The minimum absolute atomic E-state index is 0.588. The summed E-state index contributed by atoms with van der Waals surface area (Å²) in [6.07, 6.45) is 3.75. The highest BCUT2D eigenvalue weighted by molar-refractivity contribution is 5.47. The predicted octanol–water partition coefficient (Wildman–Crippen LogP) is 3.09. The van der Waals surface area contributed by atoms with Crippen LogP contribution in [-0.2, 0) is 12.8 Å². The van der Waals surface area contributed by atoms with Crippen LogP contribution in [0.25, 0.3) is 6.08 Å². The molecule has 1 heterocycles. The molecule has 17 heavy (non-hydrogen) atoms. The third kappa shape index (κ3) is 3.18. The first-order chi connectivity index (χ1) is 8.28. The first kappa shape index (κ1) is 11.4. The van der Waals surface area contributed by atoms with Crippen LogP contribution in [0.5, 0.6) is 0 Å². The fourth-order valence-electron chi connectivity index (χ4n) is 1.73. The van der Waals surface area contributed by atoms with Gasteiger partial charge in [-0.05, 0) is 36.1 Å². The normalized spacial score (nSPS) is 10.1. The minimum Gasteiger partial charge on any atom is -0.384 e. The van der Waals surface area contributed by atoms with Crippen molar-refractivity contribution in [2.45, 2.75) is 12.8 Å². The molecule has 1 aromatic heterocycles. The molecular weight excluding hydrogens is 208 g/mol. The molecule has 0 spiro atoms. The van der Waals surface area contributed by atoms with E-state index in [0.717, 1.165) is 24.1 Å². The number of nitrogens with zero attached hydrogens (tertiary/aromatic N) is 1. The average Bonchev–Trinajstić information content (AvgIpc) is 2.37. The summed E-state index contributed by atoms with van der Waals surface area (Å²) in [6, 6.07) is 14.2. The van der Waals surface area contributed by atoms with Crippen molar-refractivity contribution in [3.05, 3.63) is 65.9 Å². The lowest BCUT2D eigenvalue weighted by atomic mass is 10.1. The number of rotatable bonds is 4. The monoisotopic (exact) mass is 224 g/mol. The lowest BCUT2D eigenvalue weighted by Crippen LogP contribution is -1.97. The van der Waals surface area contributed by atoms with Crippen molar-refractivity contribution in [1.82, 2.24) is 4.98 Å². The van der Waals surface area contributed by atoms with Gasteiger partial charge in [0.2, 0.25) is 0 Å². The van der Waals surface area contributed by atoms with Gasteiger partial charge in [0.15, 0.2) is 0 Å². The third-order valence-electron chi connectivity index (χ3n) is 2.71. The van der Waals surface area contributed by atoms with Crippen LogP contribution in [0.4, 0.5) is 5.82 Å². The number of anilines is 1. The molecule has 0 saturated heterocycles. The number of pyridine rings is 1. The van der Waals surface area contributed by atoms with Gasteiger partial charge < -0.3 is 5.73 Å². The highest BCUT2D eigenvalue weighted by atomic mass is 14.8. The molecule has 1 aromatic carbocycles. The zero-order valence-corrected chi connectivity index (χ0v) is 9.76. The molecule has 0 bridgehead atoms. The van der Waals surface area contributed by atoms with Gasteiger partial charge in [-0.2, -0.15) is 0 Å². The Morgan fingerprint density at radius 3 is 2.47 bits per heavy atom. The van der Waals surface area contributed by atoms with Crippen molar-refractivity contribution in [3.8, 4) is 0 Å². The van der Waals surface area contributed by atoms with E-state index in [1.807, 2.05) is 24.3 Å². The highest BCUT2D eigenvalue weighted by Crippen LogP contribution is 2.09. The van der Waals surface area contributed by atoms with Crippen LogP contribution >= 0.6 is 0 Å². The van der Waals surface area contributed by atoms with Crippen LogP contribution in [0.15, 0.2) is 49.0 Å². The van der Waals surface area contributed by atoms with Gasteiger partial charge in [-0.15, -0.1) is 0 Å². The Hall–Kier alpha value is -2.09. The molecule has 0 atom stereocenters. The van der Waals surface area contributed by atoms with Crippen molar-refractivity contribution in [2.24, 2.45) is 0 Å². The number of nitrogens with two attached hydrogens (primary N) is 1. The summed E-state index contributed by atoms with van der Waals surface area (Å²) in [5.74, 6) is 0.588. The molecule has 0 aliphatic heterocycles. The number of hydrogen-bond acceptors (Lipinski definition) is 2. The van der Waals surface area contributed by atoms with Gasteiger partial charge in [0.05, 0.1) is 0 Å². The first-order valence-electron chi connectivity index (χ1n) is 5.71. The van der Waals surface area contributed by atoms with Gasteiger partial charge in [0.25, 0.3) is 0 Å². The summed E-state index contributed by atoms with van der Waals surface area (Å²) in [4.78, 5) is 4.28. The quantitative estimate of drug-likeness (QED) is 0.866. The fraction of sp³-hybridized carbons (Fsp3) is 0.133. The molecule has 2 N–H and O–H groups in total. The first-order valence-corrected chi connectivity index (χ1v) is 5.71. The van der Waals surface area contributed by atoms with Crippen molar-refractivity contribution in [3.63, 3.8) is 0 Å². The van der Waals surface area contributed by atoms with E-state index in [-0.39, 0.29) is 0 Å². The van der Waals surface area contributed by atoms with E-state index < -0.39 is 0 Å². The molecule has 2 aromatic rings. The van der Waals surface area contributed by atoms with E-state index in [1.165, 1.54) is 5.56 Å². The lowest BCUT2D eigenvalue weighted by Gasteiger charge is -2.03. The molecule has 2 rings (SSSR count). The molecule has 0 unspecified atom stereocenters. The van der Waals surface area contributed by atoms with Gasteiger partial charge in [0, 0.05) is 5.69 Å². The summed E-state index contributed by atoms with van der Waals surface area (Å²) < 4.78 is 0. The molecule has 0 amide bonds. The van der Waals surface area contributed by atoms with E-state index in [1.54, 1.807) is 0 Å². The number of nitrogen functional groups attached to an aromatic ring is 1. The van der Waals surface area contributed by atoms with Gasteiger partial charge in [-0.3, -0.25) is 0 Å². The summed E-state index contributed by atoms with van der Waals surface area (Å²) >= 11 is 0. The van der Waals surface area contributed by atoms with Gasteiger partial charge in [0.1, 0.15) is 5.82 Å². The van der Waals surface area contributed by atoms with Crippen molar-refractivity contribution in [2.75, 3.05) is 5.73 Å². The van der Waals surface area contributed by atoms with E-state index >= 15 is 0 Å². The van der Waals surface area contributed by atoms with Crippen molar-refractivity contribution < 1.29 is 0 Å². The average molecular weight is 224 g/mol. The molecule has 0 aliphatic rings. The van der Waals surface area contributed by atoms with Crippen LogP contribution in [0, 0.1) is 0 Å². The summed E-state index contributed by atoms with van der Waals surface area (Å²) in [5, 5.41) is 0. The van der Waals surface area contributed by atoms with Crippen molar-refractivity contribution >= 4 is 11.9 Å². The Bertz CT molecular complexity index is 501. The maximum atomic E-state index is 5.64. The maximum Gasteiger partial charge on any atom is 0.123 e. The lowest BCUT2D eigenvalue weighted by molar-refractivity contribution is 0.916. The van der Waals surface area contributed by atoms with Crippen LogP contribution in [0.3, 0.4) is 0 Å². The second kappa shape index (κ2) is 5.30. The van der Waals surface area contributed by atoms with E-state index in [4.69, 9.17) is 5.73 Å². The van der Waals surface area contributed by atoms with Crippen molar-refractivity contribution in [1.29, 1.82) is 0 Å². The van der Waals surface area contributed by atoms with E-state index in [0.29, 0.717) is 5.82 Å². The Kier molecular flexibility index (Phi) is 3.55. The Labute approximate surface area is 102 Å². The molecule has 0 aliphatic carbocycles. The standard InChI is InChI=1S/C15H16N2/c1-2-12-6-8-13(9-7-12)10-11-14-4-3-5-15(16)17-14/h2-9H,1,10-11H2,(H2,16,17). The van der Waals surface area contributed by atoms with Gasteiger partial charge in [-0.1, -0.05) is 43.0 Å². The third-order valence-corrected chi connectivity index (χ3v) is 2.71. The maximum absolute atomic E-state index is 5.64. The van der Waals surface area contributed by atoms with Gasteiger partial charge in [-0.25, -0.2) is 4.98 Å². The topological polar surface area (TPSA) is 38.9 Å². The SMILES string of the molecule is C=Cc1ccc(CCc2cccc(N)n2)cc1. The Balaban J connectivity index is 1.99. The molecule has 0 fully saturated rings. The second-order valence-corrected chi connectivity index (χ2v) is 4.00. The number of hydrogen-bond donors (Lipinski definition) is 1. The van der Waals surface area contributed by atoms with Gasteiger partial charge >= 0.3 is 0 Å². The number of benzene rings is 1. The largest absolute Gasteiger partial charge is 0.384 e. The molecule has 86 valence electrons. The molecule has 0 radical (unpaired) electrons. The molecule has 0 saturated carbocycles. The zero-order valence-electron chi connectivity index (χ0n) is 9.76. The Morgan fingerprint density at radius 1 is 1.06 bits per heavy atom. The predicted molar refractivity (Wildman–Crippen MR) is 72.6 cm³/mol. The van der Waals surface area contributed by atoms with E-state index in [9.17, 15) is 0 Å². The van der Waals surface area contributed by atoms with E-state index in [2.05, 4.69) is 35.8 Å². The summed E-state index contributed by atoms with van der Waals surface area (Å²) in [6.45, 7) is 3.74. The van der Waals surface area contributed by atoms with Crippen LogP contribution in [0.2, 0.25) is 0 Å². The zero-order chi connectivity index (χ0) is 12.1. The molecule has 2 nitrogen and oxygen atoms in total. The number of aryl methyl sites for hydroxylation is 2. The highest BCUT2D eigenvalue weighted by Gasteiger charge is 1.97. The Morgan fingerprint density at radius 2 is 1.82 bits per heavy atom. The molecular formula is C15H16N2. The van der Waals surface area contributed by atoms with Crippen LogP contribution < -0.4 is 5.73 Å². The summed E-state index contributed by atoms with van der Waals surface area (Å²) in [7, 11) is 0. The number of aromatic nitrogens is 1. The van der Waals surface area contributed by atoms with Crippen LogP contribution in [0.1, 0.15) is 16.8 Å². The second-order valence-electron chi connectivity index (χ2n) is 4.00. The molecule has 2 heteroatoms. The summed E-state index contributed by atoms with van der Waals surface area (Å²) in [5.41, 5.74) is 9.14. The fourth-order valence-corrected chi connectivity index (χ4v) is 1.73. The smallest absolute Gasteiger partial charge is 0.123 e. The van der Waals surface area contributed by atoms with Crippen LogP contribution in [-0.4, -0.2) is 4.98 Å².